The van der Waals surface area contributed by atoms with Crippen molar-refractivity contribution in [3.05, 3.63) is 57.0 Å². The maximum absolute atomic E-state index is 6.67. The van der Waals surface area contributed by atoms with Gasteiger partial charge in [-0.15, -0.1) is 23.7 Å². The number of aryl methyl sites for hydroxylation is 2. The lowest BCUT2D eigenvalue weighted by atomic mass is 9.73. The van der Waals surface area contributed by atoms with Gasteiger partial charge in [-0.3, -0.25) is 4.98 Å². The Balaban J connectivity index is 0.00000228. The smallest absolute Gasteiger partial charge is 0.155 e. The Kier molecular flexibility index (Phi) is 5.60. The molecule has 0 aromatic carbocycles. The van der Waals surface area contributed by atoms with Crippen LogP contribution in [0.4, 0.5) is 5.82 Å². The minimum Gasteiger partial charge on any atom is -0.355 e. The van der Waals surface area contributed by atoms with Crippen LogP contribution in [0.5, 0.6) is 0 Å². The number of hydrogen-bond donors (Lipinski definition) is 1. The Labute approximate surface area is 207 Å². The molecule has 5 heterocycles. The maximum Gasteiger partial charge on any atom is 0.155 e. The molecular weight excluding hydrogens is 477 g/mol. The summed E-state index contributed by atoms with van der Waals surface area (Å²) in [6.07, 6.45) is 6.73. The van der Waals surface area contributed by atoms with Crippen molar-refractivity contribution in [3.8, 4) is 11.3 Å². The molecule has 0 saturated carbocycles. The van der Waals surface area contributed by atoms with E-state index in [0.29, 0.717) is 5.02 Å². The lowest BCUT2D eigenvalue weighted by Crippen LogP contribution is -2.45. The molecule has 0 unspecified atom stereocenters. The molecule has 33 heavy (non-hydrogen) atoms. The van der Waals surface area contributed by atoms with Crippen LogP contribution in [-0.4, -0.2) is 37.7 Å². The van der Waals surface area contributed by atoms with Gasteiger partial charge in [-0.1, -0.05) is 11.6 Å². The van der Waals surface area contributed by atoms with E-state index >= 15 is 0 Å². The highest BCUT2D eigenvalue weighted by Gasteiger charge is 2.47. The molecule has 1 fully saturated rings. The van der Waals surface area contributed by atoms with Crippen LogP contribution in [0.3, 0.4) is 0 Å². The van der Waals surface area contributed by atoms with Crippen molar-refractivity contribution in [2.75, 3.05) is 18.0 Å². The molecule has 1 saturated heterocycles. The molecule has 1 aliphatic heterocycles. The van der Waals surface area contributed by atoms with Gasteiger partial charge in [0, 0.05) is 29.7 Å². The van der Waals surface area contributed by atoms with Crippen molar-refractivity contribution in [1.29, 1.82) is 0 Å². The third kappa shape index (κ3) is 3.34. The third-order valence-electron chi connectivity index (χ3n) is 7.22. The second-order valence-electron chi connectivity index (χ2n) is 8.92. The Morgan fingerprint density at radius 1 is 1.12 bits per heavy atom. The summed E-state index contributed by atoms with van der Waals surface area (Å²) in [6, 6.07) is 3.99. The first-order valence-corrected chi connectivity index (χ1v) is 12.1. The number of hydrogen-bond acceptors (Lipinski definition) is 7. The first-order valence-electron chi connectivity index (χ1n) is 10.9. The van der Waals surface area contributed by atoms with Crippen molar-refractivity contribution in [2.45, 2.75) is 39.2 Å². The Bertz CT molecular complexity index is 1340. The van der Waals surface area contributed by atoms with Crippen LogP contribution >= 0.6 is 35.3 Å². The Morgan fingerprint density at radius 3 is 2.67 bits per heavy atom. The van der Waals surface area contributed by atoms with Crippen molar-refractivity contribution in [1.82, 2.24) is 24.6 Å². The van der Waals surface area contributed by atoms with Gasteiger partial charge in [0.2, 0.25) is 0 Å². The molecule has 2 N–H and O–H groups in total. The number of nitrogens with two attached hydrogens (primary N) is 1. The molecule has 4 aromatic rings. The topological polar surface area (TPSA) is 85.2 Å². The Hall–Kier alpha value is -2.26. The number of nitrogens with zero attached hydrogens (tertiary/aromatic N) is 6. The monoisotopic (exact) mass is 501 g/mol. The predicted octanol–water partition coefficient (Wildman–Crippen LogP) is 4.78. The van der Waals surface area contributed by atoms with Gasteiger partial charge in [0.25, 0.3) is 0 Å². The summed E-state index contributed by atoms with van der Waals surface area (Å²) in [7, 11) is 0. The minimum absolute atomic E-state index is 0. The van der Waals surface area contributed by atoms with Crippen LogP contribution in [0.2, 0.25) is 5.02 Å². The van der Waals surface area contributed by atoms with E-state index in [1.165, 1.54) is 4.88 Å². The normalized spacial score (nSPS) is 19.2. The largest absolute Gasteiger partial charge is 0.355 e. The number of fused-ring (bicyclic) bond motifs is 2. The number of piperidine rings is 1. The van der Waals surface area contributed by atoms with Crippen LogP contribution in [-0.2, 0) is 6.42 Å². The number of pyridine rings is 1. The van der Waals surface area contributed by atoms with Crippen LogP contribution < -0.4 is 10.6 Å². The van der Waals surface area contributed by atoms with Gasteiger partial charge in [0.15, 0.2) is 5.82 Å². The maximum atomic E-state index is 6.67. The molecule has 7 nitrogen and oxygen atoms in total. The standard InChI is InChI=1S/C23H24ClN7S.ClH/c1-13-18(24)15(3-7-26-13)20-14(2)29-22(16-4-8-28-31(16)20)30-9-5-23(6-10-30)11-17-19(21(23)25)27-12-32-17;/h3-4,7-8,12,21H,5-6,9-11,25H2,1-2H3;1H/t21-;/m1./s1. The molecule has 2 aliphatic rings. The van der Waals surface area contributed by atoms with Crippen molar-refractivity contribution in [3.63, 3.8) is 0 Å². The molecule has 172 valence electrons. The second kappa shape index (κ2) is 8.20. The van der Waals surface area contributed by atoms with Gasteiger partial charge >= 0.3 is 0 Å². The fraction of sp³-hybridized carbons (Fsp3) is 0.391. The van der Waals surface area contributed by atoms with Crippen molar-refractivity contribution >= 4 is 46.7 Å². The molecule has 0 bridgehead atoms. The highest BCUT2D eigenvalue weighted by Crippen LogP contribution is 2.51. The highest BCUT2D eigenvalue weighted by atomic mass is 35.5. The zero-order valence-electron chi connectivity index (χ0n) is 18.5. The number of halogens is 2. The SMILES string of the molecule is Cc1nccc(-c2c(C)nc(N3CCC4(CC3)Cc3scnc3[C@H]4N)c3ccnn23)c1Cl.Cl. The van der Waals surface area contributed by atoms with Gasteiger partial charge < -0.3 is 10.6 Å². The van der Waals surface area contributed by atoms with Crippen LogP contribution in [0.1, 0.15) is 40.8 Å². The summed E-state index contributed by atoms with van der Waals surface area (Å²) in [5.74, 6) is 0.972. The minimum atomic E-state index is 0. The summed E-state index contributed by atoms with van der Waals surface area (Å²) >= 11 is 8.35. The molecule has 1 spiro atoms. The van der Waals surface area contributed by atoms with Crippen LogP contribution in [0.15, 0.2) is 30.0 Å². The average Bonchev–Trinajstić information content (AvgIpc) is 3.50. The molecular formula is C23H25Cl2N7S. The fourth-order valence-electron chi connectivity index (χ4n) is 5.38. The lowest BCUT2D eigenvalue weighted by molar-refractivity contribution is 0.186. The quantitative estimate of drug-likeness (QED) is 0.425. The van der Waals surface area contributed by atoms with Crippen LogP contribution in [0.25, 0.3) is 16.8 Å². The van der Waals surface area contributed by atoms with Gasteiger partial charge in [-0.05, 0) is 50.7 Å². The molecule has 0 amide bonds. The molecule has 10 heteroatoms. The Morgan fingerprint density at radius 2 is 1.91 bits per heavy atom. The van der Waals surface area contributed by atoms with E-state index in [1.807, 2.05) is 42.2 Å². The second-order valence-corrected chi connectivity index (χ2v) is 10.2. The van der Waals surface area contributed by atoms with Gasteiger partial charge in [0.1, 0.15) is 5.52 Å². The molecule has 1 atom stereocenters. The van der Waals surface area contributed by atoms with E-state index in [9.17, 15) is 0 Å². The lowest BCUT2D eigenvalue weighted by Gasteiger charge is -2.42. The summed E-state index contributed by atoms with van der Waals surface area (Å²) in [5.41, 5.74) is 14.3. The summed E-state index contributed by atoms with van der Waals surface area (Å²) in [6.45, 7) is 5.78. The predicted molar refractivity (Wildman–Crippen MR) is 135 cm³/mol. The van der Waals surface area contributed by atoms with Crippen LogP contribution in [0, 0.1) is 19.3 Å². The van der Waals surface area contributed by atoms with Crippen molar-refractivity contribution < 1.29 is 0 Å². The zero-order chi connectivity index (χ0) is 22.0. The number of rotatable bonds is 2. The van der Waals surface area contributed by atoms with E-state index in [4.69, 9.17) is 22.3 Å². The number of anilines is 1. The van der Waals surface area contributed by atoms with Crippen molar-refractivity contribution in [2.24, 2.45) is 11.1 Å². The van der Waals surface area contributed by atoms with Gasteiger partial charge in [0.05, 0.1) is 45.5 Å². The van der Waals surface area contributed by atoms with E-state index in [2.05, 4.69) is 20.0 Å². The third-order valence-corrected chi connectivity index (χ3v) is 8.54. The van der Waals surface area contributed by atoms with E-state index in [0.717, 1.165) is 72.0 Å². The van der Waals surface area contributed by atoms with Gasteiger partial charge in [-0.2, -0.15) is 5.10 Å². The van der Waals surface area contributed by atoms with E-state index in [-0.39, 0.29) is 23.9 Å². The first kappa shape index (κ1) is 22.5. The van der Waals surface area contributed by atoms with E-state index < -0.39 is 0 Å². The summed E-state index contributed by atoms with van der Waals surface area (Å²) in [4.78, 5) is 17.6. The first-order chi connectivity index (χ1) is 15.5. The van der Waals surface area contributed by atoms with Gasteiger partial charge in [-0.25, -0.2) is 14.5 Å². The summed E-state index contributed by atoms with van der Waals surface area (Å²) < 4.78 is 1.96. The fourth-order valence-corrected chi connectivity index (χ4v) is 6.55. The zero-order valence-corrected chi connectivity index (χ0v) is 20.8. The van der Waals surface area contributed by atoms with E-state index in [1.54, 1.807) is 17.5 Å². The molecule has 1 aliphatic carbocycles. The molecule has 6 rings (SSSR count). The average molecular weight is 502 g/mol. The molecule has 0 radical (unpaired) electrons. The number of thiazole rings is 1. The highest BCUT2D eigenvalue weighted by molar-refractivity contribution is 7.09. The summed E-state index contributed by atoms with van der Waals surface area (Å²) in [5, 5.41) is 5.27. The molecule has 4 aromatic heterocycles. The number of aromatic nitrogens is 5.